The van der Waals surface area contributed by atoms with Crippen molar-refractivity contribution in [3.05, 3.63) is 59.4 Å². The van der Waals surface area contributed by atoms with E-state index >= 15 is 0 Å². The fourth-order valence-corrected chi connectivity index (χ4v) is 2.44. The topological polar surface area (TPSA) is 93.2 Å². The summed E-state index contributed by atoms with van der Waals surface area (Å²) in [5.74, 6) is -0.465. The molecule has 0 fully saturated rings. The van der Waals surface area contributed by atoms with Crippen molar-refractivity contribution in [2.75, 3.05) is 17.7 Å². The second kappa shape index (κ2) is 7.18. The first-order chi connectivity index (χ1) is 12.5. The number of rotatable bonds is 3. The van der Waals surface area contributed by atoms with Crippen LogP contribution in [0.4, 0.5) is 16.2 Å². The number of anilines is 2. The van der Waals surface area contributed by atoms with Crippen molar-refractivity contribution in [3.8, 4) is 0 Å². The van der Waals surface area contributed by atoms with Gasteiger partial charge in [-0.1, -0.05) is 6.07 Å². The van der Waals surface area contributed by atoms with Crippen LogP contribution < -0.4 is 10.6 Å². The van der Waals surface area contributed by atoms with Crippen LogP contribution >= 0.6 is 0 Å². The minimum atomic E-state index is -0.465. The largest absolute Gasteiger partial charge is 0.465 e. The zero-order chi connectivity index (χ0) is 18.7. The third-order valence-electron chi connectivity index (χ3n) is 3.87. The van der Waals surface area contributed by atoms with Crippen LogP contribution in [-0.4, -0.2) is 29.1 Å². The van der Waals surface area contributed by atoms with E-state index in [1.807, 2.05) is 19.9 Å². The van der Waals surface area contributed by atoms with Crippen molar-refractivity contribution >= 4 is 34.4 Å². The highest BCUT2D eigenvalue weighted by molar-refractivity contribution is 6.01. The first kappa shape index (κ1) is 17.3. The molecule has 3 aromatic rings. The number of amides is 2. The number of carbonyl (C=O) groups excluding carboxylic acids is 2. The fraction of sp³-hybridized carbons (Fsp3) is 0.158. The predicted octanol–water partition coefficient (Wildman–Crippen LogP) is 3.68. The number of benzene rings is 2. The van der Waals surface area contributed by atoms with Crippen molar-refractivity contribution in [2.24, 2.45) is 0 Å². The van der Waals surface area contributed by atoms with Crippen LogP contribution in [0.2, 0.25) is 0 Å². The Balaban J connectivity index is 1.75. The number of carbonyl (C=O) groups is 2. The van der Waals surface area contributed by atoms with Gasteiger partial charge in [-0.3, -0.25) is 0 Å². The Kier molecular flexibility index (Phi) is 4.79. The summed E-state index contributed by atoms with van der Waals surface area (Å²) in [6, 6.07) is 11.4. The van der Waals surface area contributed by atoms with Gasteiger partial charge in [0.05, 0.1) is 35.1 Å². The lowest BCUT2D eigenvalue weighted by Crippen LogP contribution is -2.19. The molecule has 2 aromatic carbocycles. The number of nitrogens with zero attached hydrogens (tertiary/aromatic N) is 2. The molecule has 7 nitrogen and oxygen atoms in total. The van der Waals surface area contributed by atoms with Crippen LogP contribution in [0.3, 0.4) is 0 Å². The molecule has 0 aliphatic heterocycles. The number of urea groups is 1. The quantitative estimate of drug-likeness (QED) is 0.703. The Morgan fingerprint density at radius 1 is 0.885 bits per heavy atom. The highest BCUT2D eigenvalue weighted by Gasteiger charge is 2.09. The van der Waals surface area contributed by atoms with Gasteiger partial charge in [0.1, 0.15) is 0 Å². The number of aryl methyl sites for hydroxylation is 2. The molecule has 1 aromatic heterocycles. The van der Waals surface area contributed by atoms with Crippen LogP contribution in [0.25, 0.3) is 11.0 Å². The average molecular weight is 350 g/mol. The fourth-order valence-electron chi connectivity index (χ4n) is 2.44. The van der Waals surface area contributed by atoms with E-state index in [1.54, 1.807) is 36.4 Å². The normalized spacial score (nSPS) is 10.4. The smallest absolute Gasteiger partial charge is 0.337 e. The van der Waals surface area contributed by atoms with E-state index in [9.17, 15) is 9.59 Å². The molecule has 26 heavy (non-hydrogen) atoms. The highest BCUT2D eigenvalue weighted by Crippen LogP contribution is 2.18. The van der Waals surface area contributed by atoms with Gasteiger partial charge in [0.25, 0.3) is 0 Å². The summed E-state index contributed by atoms with van der Waals surface area (Å²) >= 11 is 0. The van der Waals surface area contributed by atoms with Crippen LogP contribution in [0.1, 0.15) is 21.7 Å². The highest BCUT2D eigenvalue weighted by atomic mass is 16.5. The maximum absolute atomic E-state index is 12.2. The Hall–Kier alpha value is -3.48. The predicted molar refractivity (Wildman–Crippen MR) is 99.4 cm³/mol. The summed E-state index contributed by atoms with van der Waals surface area (Å²) in [7, 11) is 1.31. The minimum Gasteiger partial charge on any atom is -0.465 e. The third-order valence-corrected chi connectivity index (χ3v) is 3.87. The minimum absolute atomic E-state index is 0.358. The number of hydrogen-bond acceptors (Lipinski definition) is 5. The molecule has 0 bridgehead atoms. The second-order valence-electron chi connectivity index (χ2n) is 5.75. The molecule has 2 N–H and O–H groups in total. The van der Waals surface area contributed by atoms with E-state index in [-0.39, 0.29) is 0 Å². The number of ether oxygens (including phenoxy) is 1. The zero-order valence-corrected chi connectivity index (χ0v) is 14.7. The Morgan fingerprint density at radius 3 is 2.23 bits per heavy atom. The number of methoxy groups -OCH3 is 1. The van der Waals surface area contributed by atoms with E-state index < -0.39 is 12.0 Å². The molecule has 1 heterocycles. The molecule has 0 spiro atoms. The van der Waals surface area contributed by atoms with Gasteiger partial charge in [0, 0.05) is 11.4 Å². The van der Waals surface area contributed by atoms with Crippen LogP contribution in [-0.2, 0) is 4.74 Å². The summed E-state index contributed by atoms with van der Waals surface area (Å²) in [6.45, 7) is 3.80. The standard InChI is InChI=1S/C19H18N4O3/c1-11-12(2)21-17-10-15(7-8-16(17)20-11)23-19(25)22-14-6-4-5-13(9-14)18(24)26-3/h4-10H,1-3H3,(H2,22,23,25). The van der Waals surface area contributed by atoms with E-state index in [4.69, 9.17) is 0 Å². The summed E-state index contributed by atoms with van der Waals surface area (Å²) in [4.78, 5) is 32.7. The summed E-state index contributed by atoms with van der Waals surface area (Å²) in [5, 5.41) is 5.43. The van der Waals surface area contributed by atoms with Crippen LogP contribution in [0.5, 0.6) is 0 Å². The van der Waals surface area contributed by atoms with Crippen molar-refractivity contribution in [1.82, 2.24) is 9.97 Å². The number of esters is 1. The van der Waals surface area contributed by atoms with Gasteiger partial charge in [-0.15, -0.1) is 0 Å². The molecular formula is C19H18N4O3. The monoisotopic (exact) mass is 350 g/mol. The van der Waals surface area contributed by atoms with E-state index in [2.05, 4.69) is 25.3 Å². The molecule has 0 saturated heterocycles. The first-order valence-corrected chi connectivity index (χ1v) is 7.97. The number of fused-ring (bicyclic) bond motifs is 1. The summed E-state index contributed by atoms with van der Waals surface area (Å²) < 4.78 is 4.67. The number of nitrogens with one attached hydrogen (secondary N) is 2. The zero-order valence-electron chi connectivity index (χ0n) is 14.7. The van der Waals surface area contributed by atoms with E-state index in [0.717, 1.165) is 16.9 Å². The second-order valence-corrected chi connectivity index (χ2v) is 5.75. The molecule has 132 valence electrons. The van der Waals surface area contributed by atoms with Crippen molar-refractivity contribution < 1.29 is 14.3 Å². The SMILES string of the molecule is COC(=O)c1cccc(NC(=O)Nc2ccc3nc(C)c(C)nc3c2)c1. The molecule has 0 saturated carbocycles. The number of aromatic nitrogens is 2. The summed E-state index contributed by atoms with van der Waals surface area (Å²) in [6.07, 6.45) is 0. The maximum Gasteiger partial charge on any atom is 0.337 e. The molecule has 2 amide bonds. The summed E-state index contributed by atoms with van der Waals surface area (Å²) in [5.41, 5.74) is 4.63. The molecule has 7 heteroatoms. The average Bonchev–Trinajstić information content (AvgIpc) is 2.62. The van der Waals surface area contributed by atoms with Crippen molar-refractivity contribution in [3.63, 3.8) is 0 Å². The molecule has 0 atom stereocenters. The van der Waals surface area contributed by atoms with Gasteiger partial charge in [0.2, 0.25) is 0 Å². The molecule has 0 radical (unpaired) electrons. The molecule has 0 aliphatic rings. The van der Waals surface area contributed by atoms with Gasteiger partial charge in [-0.25, -0.2) is 19.6 Å². The van der Waals surface area contributed by atoms with Gasteiger partial charge in [-0.2, -0.15) is 0 Å². The first-order valence-electron chi connectivity index (χ1n) is 7.97. The third kappa shape index (κ3) is 3.77. The lowest BCUT2D eigenvalue weighted by molar-refractivity contribution is 0.0600. The van der Waals surface area contributed by atoms with Crippen molar-refractivity contribution in [2.45, 2.75) is 13.8 Å². The van der Waals surface area contributed by atoms with Crippen LogP contribution in [0, 0.1) is 13.8 Å². The molecule has 0 aliphatic carbocycles. The Bertz CT molecular complexity index is 1000. The van der Waals surface area contributed by atoms with Gasteiger partial charge in [-0.05, 0) is 50.2 Å². The lowest BCUT2D eigenvalue weighted by Gasteiger charge is -2.09. The van der Waals surface area contributed by atoms with Crippen molar-refractivity contribution in [1.29, 1.82) is 0 Å². The molecule has 3 rings (SSSR count). The Labute approximate surface area is 150 Å². The van der Waals surface area contributed by atoms with E-state index in [0.29, 0.717) is 22.5 Å². The lowest BCUT2D eigenvalue weighted by atomic mass is 10.2. The van der Waals surface area contributed by atoms with E-state index in [1.165, 1.54) is 7.11 Å². The maximum atomic E-state index is 12.2. The van der Waals surface area contributed by atoms with Gasteiger partial charge < -0.3 is 15.4 Å². The van der Waals surface area contributed by atoms with Gasteiger partial charge >= 0.3 is 12.0 Å². The molecular weight excluding hydrogens is 332 g/mol. The van der Waals surface area contributed by atoms with Gasteiger partial charge in [0.15, 0.2) is 0 Å². The number of hydrogen-bond donors (Lipinski definition) is 2. The van der Waals surface area contributed by atoms with Crippen LogP contribution in [0.15, 0.2) is 42.5 Å². The molecule has 0 unspecified atom stereocenters. The Morgan fingerprint density at radius 2 is 1.54 bits per heavy atom.